The standard InChI is InChI=1S/C20H19F2N3O5S2/c1-29-12-3-6-18(30-2)14(9-12)17-11-31-20(24-17)25-19(26)7-8-23-32(27,28)13-4-5-15(21)16(22)10-13/h3-6,9-11,23H,7-8H2,1-2H3,(H,24,25,26). The third-order valence-electron chi connectivity index (χ3n) is 4.28. The van der Waals surface area contributed by atoms with Crippen LogP contribution in [0.3, 0.4) is 0 Å². The van der Waals surface area contributed by atoms with Crippen LogP contribution in [-0.2, 0) is 14.8 Å². The molecule has 8 nitrogen and oxygen atoms in total. The van der Waals surface area contributed by atoms with E-state index in [1.807, 2.05) is 0 Å². The summed E-state index contributed by atoms with van der Waals surface area (Å²) in [5, 5.41) is 4.65. The molecule has 0 saturated heterocycles. The van der Waals surface area contributed by atoms with Crippen molar-refractivity contribution < 1.29 is 31.5 Å². The first-order chi connectivity index (χ1) is 15.2. The zero-order valence-electron chi connectivity index (χ0n) is 17.0. The molecular weight excluding hydrogens is 464 g/mol. The van der Waals surface area contributed by atoms with Crippen LogP contribution >= 0.6 is 11.3 Å². The van der Waals surface area contributed by atoms with Crippen LogP contribution in [0.15, 0.2) is 46.7 Å². The number of hydrogen-bond acceptors (Lipinski definition) is 7. The van der Waals surface area contributed by atoms with Crippen molar-refractivity contribution in [1.29, 1.82) is 0 Å². The summed E-state index contributed by atoms with van der Waals surface area (Å²) in [7, 11) is -1.02. The van der Waals surface area contributed by atoms with Crippen LogP contribution in [0.4, 0.5) is 13.9 Å². The minimum atomic E-state index is -4.09. The Morgan fingerprint density at radius 3 is 2.56 bits per heavy atom. The number of carbonyl (C=O) groups excluding carboxylic acids is 1. The van der Waals surface area contributed by atoms with Crippen molar-refractivity contribution in [3.8, 4) is 22.8 Å². The Hall–Kier alpha value is -3.09. The molecule has 3 aromatic rings. The third-order valence-corrected chi connectivity index (χ3v) is 6.50. The van der Waals surface area contributed by atoms with Crippen molar-refractivity contribution in [2.24, 2.45) is 0 Å². The van der Waals surface area contributed by atoms with Crippen molar-refractivity contribution >= 4 is 32.4 Å². The number of benzene rings is 2. The summed E-state index contributed by atoms with van der Waals surface area (Å²) >= 11 is 1.19. The second-order valence-corrected chi connectivity index (χ2v) is 9.00. The molecule has 0 saturated carbocycles. The molecule has 0 aliphatic rings. The highest BCUT2D eigenvalue weighted by molar-refractivity contribution is 7.89. The molecule has 0 aliphatic heterocycles. The molecule has 32 heavy (non-hydrogen) atoms. The maximum atomic E-state index is 13.3. The highest BCUT2D eigenvalue weighted by atomic mass is 32.2. The third kappa shape index (κ3) is 5.58. The lowest BCUT2D eigenvalue weighted by Crippen LogP contribution is -2.28. The monoisotopic (exact) mass is 483 g/mol. The van der Waals surface area contributed by atoms with Crippen molar-refractivity contribution in [3.05, 3.63) is 53.4 Å². The Bertz CT molecular complexity index is 1230. The Labute approximate surface area is 187 Å². The predicted octanol–water partition coefficient (Wildman–Crippen LogP) is 3.41. The summed E-state index contributed by atoms with van der Waals surface area (Å²) < 4.78 is 63.3. The first-order valence-corrected chi connectivity index (χ1v) is 11.5. The highest BCUT2D eigenvalue weighted by Crippen LogP contribution is 2.35. The number of hydrogen-bond donors (Lipinski definition) is 2. The minimum Gasteiger partial charge on any atom is -0.497 e. The van der Waals surface area contributed by atoms with Crippen LogP contribution < -0.4 is 19.5 Å². The van der Waals surface area contributed by atoms with Gasteiger partial charge < -0.3 is 14.8 Å². The number of thiazole rings is 1. The van der Waals surface area contributed by atoms with Gasteiger partial charge in [-0.25, -0.2) is 26.9 Å². The summed E-state index contributed by atoms with van der Waals surface area (Å²) in [6.07, 6.45) is -0.194. The van der Waals surface area contributed by atoms with Crippen LogP contribution in [0.2, 0.25) is 0 Å². The Morgan fingerprint density at radius 1 is 1.09 bits per heavy atom. The zero-order valence-corrected chi connectivity index (χ0v) is 18.6. The van der Waals surface area contributed by atoms with Gasteiger partial charge in [0.15, 0.2) is 16.8 Å². The van der Waals surface area contributed by atoms with Crippen molar-refractivity contribution in [2.45, 2.75) is 11.3 Å². The fraction of sp³-hybridized carbons (Fsp3) is 0.200. The molecule has 2 aromatic carbocycles. The predicted molar refractivity (Wildman–Crippen MR) is 115 cm³/mol. The van der Waals surface area contributed by atoms with Gasteiger partial charge in [0.1, 0.15) is 11.5 Å². The fourth-order valence-electron chi connectivity index (χ4n) is 2.68. The number of sulfonamides is 1. The number of methoxy groups -OCH3 is 2. The number of aromatic nitrogens is 1. The molecule has 0 atom stereocenters. The van der Waals surface area contributed by atoms with Crippen LogP contribution in [0.5, 0.6) is 11.5 Å². The molecule has 0 bridgehead atoms. The van der Waals surface area contributed by atoms with Gasteiger partial charge in [0, 0.05) is 23.9 Å². The van der Waals surface area contributed by atoms with Gasteiger partial charge in [-0.15, -0.1) is 11.3 Å². The van der Waals surface area contributed by atoms with E-state index in [1.54, 1.807) is 30.7 Å². The van der Waals surface area contributed by atoms with Gasteiger partial charge in [-0.2, -0.15) is 0 Å². The van der Waals surface area contributed by atoms with Crippen LogP contribution in [-0.4, -0.2) is 40.1 Å². The van der Waals surface area contributed by atoms with E-state index in [9.17, 15) is 22.0 Å². The molecule has 1 amide bonds. The molecule has 0 fully saturated rings. The second-order valence-electron chi connectivity index (χ2n) is 6.38. The van der Waals surface area contributed by atoms with Crippen LogP contribution in [0.1, 0.15) is 6.42 Å². The minimum absolute atomic E-state index is 0.194. The van der Waals surface area contributed by atoms with E-state index in [-0.39, 0.29) is 13.0 Å². The van der Waals surface area contributed by atoms with Gasteiger partial charge in [0.2, 0.25) is 15.9 Å². The quantitative estimate of drug-likeness (QED) is 0.483. The number of rotatable bonds is 9. The fourth-order valence-corrected chi connectivity index (χ4v) is 4.45. The van der Waals surface area contributed by atoms with Gasteiger partial charge >= 0.3 is 0 Å². The molecular formula is C20H19F2N3O5S2. The molecule has 0 radical (unpaired) electrons. The molecule has 1 heterocycles. The smallest absolute Gasteiger partial charge is 0.240 e. The van der Waals surface area contributed by atoms with Gasteiger partial charge in [0.05, 0.1) is 24.8 Å². The molecule has 2 N–H and O–H groups in total. The number of amides is 1. The van der Waals surface area contributed by atoms with Gasteiger partial charge in [-0.1, -0.05) is 0 Å². The van der Waals surface area contributed by atoms with E-state index in [1.165, 1.54) is 18.4 Å². The maximum absolute atomic E-state index is 13.3. The van der Waals surface area contributed by atoms with E-state index in [0.717, 1.165) is 6.07 Å². The number of nitrogens with one attached hydrogen (secondary N) is 2. The van der Waals surface area contributed by atoms with E-state index >= 15 is 0 Å². The summed E-state index contributed by atoms with van der Waals surface area (Å²) in [4.78, 5) is 16.1. The molecule has 0 unspecified atom stereocenters. The average molecular weight is 484 g/mol. The van der Waals surface area contributed by atoms with E-state index < -0.39 is 32.5 Å². The van der Waals surface area contributed by atoms with Crippen molar-refractivity contribution in [2.75, 3.05) is 26.1 Å². The SMILES string of the molecule is COc1ccc(OC)c(-c2csc(NC(=O)CCNS(=O)(=O)c3ccc(F)c(F)c3)n2)c1. The Morgan fingerprint density at radius 2 is 1.88 bits per heavy atom. The average Bonchev–Trinajstić information content (AvgIpc) is 3.23. The lowest BCUT2D eigenvalue weighted by Gasteiger charge is -2.08. The molecule has 1 aromatic heterocycles. The number of anilines is 1. The summed E-state index contributed by atoms with van der Waals surface area (Å²) in [6, 6.07) is 7.47. The Kier molecular flexibility index (Phi) is 7.38. The number of ether oxygens (including phenoxy) is 2. The first kappa shape index (κ1) is 23.6. The normalized spacial score (nSPS) is 11.2. The largest absolute Gasteiger partial charge is 0.497 e. The van der Waals surface area contributed by atoms with E-state index in [0.29, 0.717) is 40.0 Å². The van der Waals surface area contributed by atoms with E-state index in [4.69, 9.17) is 9.47 Å². The van der Waals surface area contributed by atoms with Gasteiger partial charge in [0.25, 0.3) is 0 Å². The van der Waals surface area contributed by atoms with E-state index in [2.05, 4.69) is 15.0 Å². The van der Waals surface area contributed by atoms with Crippen LogP contribution in [0, 0.1) is 11.6 Å². The van der Waals surface area contributed by atoms with Gasteiger partial charge in [-0.3, -0.25) is 4.79 Å². The lowest BCUT2D eigenvalue weighted by molar-refractivity contribution is -0.116. The summed E-state index contributed by atoms with van der Waals surface area (Å²) in [5.41, 5.74) is 1.25. The molecule has 0 spiro atoms. The topological polar surface area (TPSA) is 107 Å². The zero-order chi connectivity index (χ0) is 23.3. The molecule has 12 heteroatoms. The second kappa shape index (κ2) is 10.0. The number of halogens is 2. The van der Waals surface area contributed by atoms with Gasteiger partial charge in [-0.05, 0) is 36.4 Å². The maximum Gasteiger partial charge on any atom is 0.240 e. The van der Waals surface area contributed by atoms with Crippen LogP contribution in [0.25, 0.3) is 11.3 Å². The summed E-state index contributed by atoms with van der Waals surface area (Å²) in [5.74, 6) is -1.71. The Balaban J connectivity index is 1.60. The lowest BCUT2D eigenvalue weighted by atomic mass is 10.1. The number of carbonyl (C=O) groups is 1. The van der Waals surface area contributed by atoms with Crippen molar-refractivity contribution in [1.82, 2.24) is 9.71 Å². The highest BCUT2D eigenvalue weighted by Gasteiger charge is 2.17. The first-order valence-electron chi connectivity index (χ1n) is 9.16. The molecule has 0 aliphatic carbocycles. The van der Waals surface area contributed by atoms with Crippen molar-refractivity contribution in [3.63, 3.8) is 0 Å². The summed E-state index contributed by atoms with van der Waals surface area (Å²) in [6.45, 7) is -0.241. The molecule has 170 valence electrons. The molecule has 3 rings (SSSR count). The number of nitrogens with zero attached hydrogens (tertiary/aromatic N) is 1.